The van der Waals surface area contributed by atoms with E-state index < -0.39 is 0 Å². The molecule has 2 amide bonds. The highest BCUT2D eigenvalue weighted by Crippen LogP contribution is 2.25. The summed E-state index contributed by atoms with van der Waals surface area (Å²) in [6, 6.07) is -0.315. The Hall–Kier alpha value is -0.710. The van der Waals surface area contributed by atoms with E-state index in [1.807, 2.05) is 18.7 Å². The van der Waals surface area contributed by atoms with Crippen molar-refractivity contribution in [2.75, 3.05) is 24.6 Å². The quantitative estimate of drug-likeness (QED) is 0.832. The van der Waals surface area contributed by atoms with Crippen molar-refractivity contribution in [3.05, 3.63) is 0 Å². The van der Waals surface area contributed by atoms with Gasteiger partial charge in [-0.05, 0) is 29.8 Å². The SMILES string of the molecule is CCC(C)C1NC(=O)CN(CC2CCSC2)C1=O. The van der Waals surface area contributed by atoms with Crippen LogP contribution in [0.15, 0.2) is 0 Å². The molecule has 2 aliphatic rings. The van der Waals surface area contributed by atoms with E-state index in [4.69, 9.17) is 0 Å². The van der Waals surface area contributed by atoms with Gasteiger partial charge in [-0.3, -0.25) is 9.59 Å². The summed E-state index contributed by atoms with van der Waals surface area (Å²) in [5.41, 5.74) is 0. The van der Waals surface area contributed by atoms with Gasteiger partial charge in [0.2, 0.25) is 11.8 Å². The van der Waals surface area contributed by atoms with E-state index in [2.05, 4.69) is 12.2 Å². The Kier molecular flexibility index (Phi) is 4.54. The summed E-state index contributed by atoms with van der Waals surface area (Å²) in [7, 11) is 0. The largest absolute Gasteiger partial charge is 0.342 e. The van der Waals surface area contributed by atoms with Crippen LogP contribution in [0.4, 0.5) is 0 Å². The van der Waals surface area contributed by atoms with Crippen molar-refractivity contribution in [2.45, 2.75) is 32.7 Å². The summed E-state index contributed by atoms with van der Waals surface area (Å²) in [5.74, 6) is 3.20. The van der Waals surface area contributed by atoms with Crippen molar-refractivity contribution < 1.29 is 9.59 Å². The third-order valence-electron chi connectivity index (χ3n) is 3.94. The van der Waals surface area contributed by atoms with Crippen molar-refractivity contribution >= 4 is 23.6 Å². The van der Waals surface area contributed by atoms with Crippen molar-refractivity contribution in [1.82, 2.24) is 10.2 Å². The molecule has 2 rings (SSSR count). The van der Waals surface area contributed by atoms with Gasteiger partial charge < -0.3 is 10.2 Å². The number of hydrogen-bond donors (Lipinski definition) is 1. The summed E-state index contributed by atoms with van der Waals surface area (Å²) in [6.07, 6.45) is 2.08. The minimum atomic E-state index is -0.315. The van der Waals surface area contributed by atoms with Gasteiger partial charge in [-0.25, -0.2) is 0 Å². The fourth-order valence-electron chi connectivity index (χ4n) is 2.54. The van der Waals surface area contributed by atoms with E-state index in [-0.39, 0.29) is 30.3 Å². The van der Waals surface area contributed by atoms with Crippen molar-refractivity contribution in [2.24, 2.45) is 11.8 Å². The molecule has 2 heterocycles. The zero-order valence-electron chi connectivity index (χ0n) is 11.1. The molecule has 0 bridgehead atoms. The van der Waals surface area contributed by atoms with E-state index in [9.17, 15) is 9.59 Å². The Morgan fingerprint density at radius 3 is 2.89 bits per heavy atom. The summed E-state index contributed by atoms with van der Waals surface area (Å²) >= 11 is 1.95. The number of hydrogen-bond acceptors (Lipinski definition) is 3. The summed E-state index contributed by atoms with van der Waals surface area (Å²) in [5, 5.41) is 2.84. The standard InChI is InChI=1S/C13H22N2O2S/c1-3-9(2)12-13(17)15(7-11(16)14-12)6-10-4-5-18-8-10/h9-10,12H,3-8H2,1-2H3,(H,14,16). The molecular weight excluding hydrogens is 248 g/mol. The van der Waals surface area contributed by atoms with E-state index in [0.717, 1.165) is 18.7 Å². The van der Waals surface area contributed by atoms with E-state index in [1.54, 1.807) is 4.90 Å². The lowest BCUT2D eigenvalue weighted by Gasteiger charge is -2.36. The average Bonchev–Trinajstić information content (AvgIpc) is 2.85. The minimum absolute atomic E-state index is 0.00875. The molecule has 0 radical (unpaired) electrons. The zero-order chi connectivity index (χ0) is 13.1. The number of carbonyl (C=O) groups is 2. The molecule has 3 atom stereocenters. The number of nitrogens with zero attached hydrogens (tertiary/aromatic N) is 1. The number of rotatable bonds is 4. The second-order valence-corrected chi connectivity index (χ2v) is 6.53. The molecule has 0 saturated carbocycles. The van der Waals surface area contributed by atoms with Crippen LogP contribution in [0.5, 0.6) is 0 Å². The molecule has 1 N–H and O–H groups in total. The van der Waals surface area contributed by atoms with Gasteiger partial charge in [0.05, 0.1) is 6.54 Å². The first-order valence-electron chi connectivity index (χ1n) is 6.77. The molecule has 2 aliphatic heterocycles. The normalized spacial score (nSPS) is 30.4. The topological polar surface area (TPSA) is 49.4 Å². The molecule has 0 aromatic heterocycles. The molecule has 18 heavy (non-hydrogen) atoms. The fourth-order valence-corrected chi connectivity index (χ4v) is 3.82. The van der Waals surface area contributed by atoms with E-state index in [1.165, 1.54) is 12.2 Å². The van der Waals surface area contributed by atoms with Gasteiger partial charge in [0.15, 0.2) is 0 Å². The Morgan fingerprint density at radius 1 is 1.50 bits per heavy atom. The summed E-state index contributed by atoms with van der Waals surface area (Å²) < 4.78 is 0. The third-order valence-corrected chi connectivity index (χ3v) is 5.18. The minimum Gasteiger partial charge on any atom is -0.342 e. The van der Waals surface area contributed by atoms with Gasteiger partial charge in [-0.15, -0.1) is 0 Å². The van der Waals surface area contributed by atoms with Crippen LogP contribution >= 0.6 is 11.8 Å². The van der Waals surface area contributed by atoms with Crippen LogP contribution in [0, 0.1) is 11.8 Å². The van der Waals surface area contributed by atoms with Crippen LogP contribution in [0.2, 0.25) is 0 Å². The van der Waals surface area contributed by atoms with Gasteiger partial charge in [-0.1, -0.05) is 20.3 Å². The molecule has 0 aromatic rings. The molecule has 0 spiro atoms. The summed E-state index contributed by atoms with van der Waals surface area (Å²) in [4.78, 5) is 25.8. The average molecular weight is 270 g/mol. The Morgan fingerprint density at radius 2 is 2.28 bits per heavy atom. The summed E-state index contributed by atoms with van der Waals surface area (Å²) in [6.45, 7) is 5.08. The maximum atomic E-state index is 12.4. The number of piperazine rings is 1. The number of thioether (sulfide) groups is 1. The number of nitrogens with one attached hydrogen (secondary N) is 1. The maximum Gasteiger partial charge on any atom is 0.245 e. The lowest BCUT2D eigenvalue weighted by atomic mass is 9.95. The smallest absolute Gasteiger partial charge is 0.245 e. The van der Waals surface area contributed by atoms with Crippen LogP contribution < -0.4 is 5.32 Å². The first-order chi connectivity index (χ1) is 8.61. The van der Waals surface area contributed by atoms with Gasteiger partial charge in [0, 0.05) is 6.54 Å². The molecule has 4 nitrogen and oxygen atoms in total. The molecule has 2 fully saturated rings. The van der Waals surface area contributed by atoms with Crippen LogP contribution in [0.25, 0.3) is 0 Å². The first kappa shape index (κ1) is 13.7. The molecule has 2 saturated heterocycles. The van der Waals surface area contributed by atoms with Crippen LogP contribution in [-0.4, -0.2) is 47.4 Å². The fraction of sp³-hybridized carbons (Fsp3) is 0.846. The van der Waals surface area contributed by atoms with Crippen LogP contribution in [-0.2, 0) is 9.59 Å². The predicted octanol–water partition coefficient (Wildman–Crippen LogP) is 1.11. The van der Waals surface area contributed by atoms with Crippen molar-refractivity contribution in [3.63, 3.8) is 0 Å². The Labute approximate surface area is 113 Å². The number of amides is 2. The lowest BCUT2D eigenvalue weighted by molar-refractivity contribution is -0.146. The molecule has 5 heteroatoms. The van der Waals surface area contributed by atoms with Gasteiger partial charge in [0.25, 0.3) is 0 Å². The highest BCUT2D eigenvalue weighted by molar-refractivity contribution is 7.99. The lowest BCUT2D eigenvalue weighted by Crippen LogP contribution is -2.60. The third kappa shape index (κ3) is 2.99. The second-order valence-electron chi connectivity index (χ2n) is 5.38. The monoisotopic (exact) mass is 270 g/mol. The number of carbonyl (C=O) groups excluding carboxylic acids is 2. The zero-order valence-corrected chi connectivity index (χ0v) is 12.0. The molecule has 0 aromatic carbocycles. The van der Waals surface area contributed by atoms with Gasteiger partial charge in [0.1, 0.15) is 6.04 Å². The van der Waals surface area contributed by atoms with Gasteiger partial charge >= 0.3 is 0 Å². The first-order valence-corrected chi connectivity index (χ1v) is 7.93. The van der Waals surface area contributed by atoms with E-state index >= 15 is 0 Å². The molecule has 3 unspecified atom stereocenters. The van der Waals surface area contributed by atoms with Gasteiger partial charge in [-0.2, -0.15) is 11.8 Å². The Balaban J connectivity index is 2.00. The highest BCUT2D eigenvalue weighted by atomic mass is 32.2. The van der Waals surface area contributed by atoms with Crippen molar-refractivity contribution in [1.29, 1.82) is 0 Å². The second kappa shape index (κ2) is 5.95. The van der Waals surface area contributed by atoms with Crippen LogP contribution in [0.1, 0.15) is 26.7 Å². The van der Waals surface area contributed by atoms with Crippen LogP contribution in [0.3, 0.4) is 0 Å². The molecule has 0 aliphatic carbocycles. The Bertz CT molecular complexity index is 329. The van der Waals surface area contributed by atoms with Crippen molar-refractivity contribution in [3.8, 4) is 0 Å². The molecular formula is C13H22N2O2S. The van der Waals surface area contributed by atoms with E-state index in [0.29, 0.717) is 5.92 Å². The molecule has 102 valence electrons. The predicted molar refractivity (Wildman–Crippen MR) is 73.4 cm³/mol. The highest BCUT2D eigenvalue weighted by Gasteiger charge is 2.36. The maximum absolute atomic E-state index is 12.4.